The average molecular weight is 360 g/mol. The van der Waals surface area contributed by atoms with Crippen molar-refractivity contribution < 1.29 is 13.2 Å². The summed E-state index contributed by atoms with van der Waals surface area (Å²) in [6, 6.07) is 3.29. The Morgan fingerprint density at radius 3 is 2.52 bits per heavy atom. The Bertz CT molecular complexity index is 613. The highest BCUT2D eigenvalue weighted by Gasteiger charge is 2.26. The van der Waals surface area contributed by atoms with Gasteiger partial charge in [0.25, 0.3) is 0 Å². The van der Waals surface area contributed by atoms with Crippen LogP contribution in [-0.4, -0.2) is 44.5 Å². The van der Waals surface area contributed by atoms with E-state index in [0.29, 0.717) is 23.8 Å². The van der Waals surface area contributed by atoms with Crippen LogP contribution in [0.2, 0.25) is 0 Å². The van der Waals surface area contributed by atoms with Gasteiger partial charge in [-0.1, -0.05) is 6.07 Å². The minimum atomic E-state index is -3.39. The van der Waals surface area contributed by atoms with Crippen LogP contribution in [0.3, 0.4) is 0 Å². The van der Waals surface area contributed by atoms with Crippen molar-refractivity contribution >= 4 is 27.4 Å². The molecule has 1 aromatic rings. The fraction of sp³-hybridized carbons (Fsp3) is 0.667. The molecule has 1 aliphatic heterocycles. The van der Waals surface area contributed by atoms with Crippen LogP contribution in [0.15, 0.2) is 21.7 Å². The van der Waals surface area contributed by atoms with E-state index < -0.39 is 10.0 Å². The van der Waals surface area contributed by atoms with E-state index in [1.807, 2.05) is 20.8 Å². The number of piperidine rings is 1. The first-order chi connectivity index (χ1) is 10.7. The second-order valence-electron chi connectivity index (χ2n) is 6.89. The first kappa shape index (κ1) is 18.2. The zero-order valence-corrected chi connectivity index (χ0v) is 15.5. The third kappa shape index (κ3) is 5.47. The van der Waals surface area contributed by atoms with E-state index in [1.54, 1.807) is 22.4 Å². The number of hydrogen-bond donors (Lipinski definition) is 2. The van der Waals surface area contributed by atoms with Gasteiger partial charge in [-0.2, -0.15) is 0 Å². The van der Waals surface area contributed by atoms with Crippen molar-refractivity contribution in [3.63, 3.8) is 0 Å². The molecule has 0 saturated carbocycles. The molecule has 0 unspecified atom stereocenters. The number of nitrogens with one attached hydrogen (secondary N) is 2. The molecule has 2 amide bonds. The van der Waals surface area contributed by atoms with Crippen molar-refractivity contribution in [2.75, 3.05) is 19.6 Å². The zero-order valence-electron chi connectivity index (χ0n) is 13.8. The number of rotatable bonds is 4. The summed E-state index contributed by atoms with van der Waals surface area (Å²) in [7, 11) is -3.39. The molecule has 2 N–H and O–H groups in total. The van der Waals surface area contributed by atoms with E-state index in [-0.39, 0.29) is 17.5 Å². The number of sulfonamides is 1. The third-order valence-corrected chi connectivity index (χ3v) is 6.53. The van der Waals surface area contributed by atoms with Gasteiger partial charge in [0.05, 0.1) is 0 Å². The number of carbonyl (C=O) groups excluding carboxylic acids is 1. The normalized spacial score (nSPS) is 17.3. The topological polar surface area (TPSA) is 78.5 Å². The molecule has 1 fully saturated rings. The van der Waals surface area contributed by atoms with Gasteiger partial charge in [0.15, 0.2) is 0 Å². The summed E-state index contributed by atoms with van der Waals surface area (Å²) >= 11 is 1.21. The molecule has 1 aromatic heterocycles. The van der Waals surface area contributed by atoms with E-state index in [4.69, 9.17) is 0 Å². The van der Waals surface area contributed by atoms with Gasteiger partial charge in [-0.05, 0) is 51.0 Å². The van der Waals surface area contributed by atoms with Crippen molar-refractivity contribution in [2.24, 2.45) is 5.92 Å². The molecule has 0 aromatic carbocycles. The Labute approximate surface area is 142 Å². The predicted molar refractivity (Wildman–Crippen MR) is 92.1 cm³/mol. The maximum Gasteiger partial charge on any atom is 0.317 e. The van der Waals surface area contributed by atoms with Gasteiger partial charge < -0.3 is 10.2 Å². The Morgan fingerprint density at radius 1 is 1.35 bits per heavy atom. The molecule has 0 aliphatic carbocycles. The van der Waals surface area contributed by atoms with Crippen LogP contribution in [0.1, 0.15) is 33.6 Å². The van der Waals surface area contributed by atoms with Crippen molar-refractivity contribution in [2.45, 2.75) is 43.4 Å². The van der Waals surface area contributed by atoms with Crippen LogP contribution in [0, 0.1) is 5.92 Å². The molecule has 6 nitrogen and oxygen atoms in total. The highest BCUT2D eigenvalue weighted by molar-refractivity contribution is 7.91. The second-order valence-corrected chi connectivity index (χ2v) is 9.84. The quantitative estimate of drug-likeness (QED) is 0.865. The lowest BCUT2D eigenvalue weighted by Crippen LogP contribution is -2.51. The van der Waals surface area contributed by atoms with Crippen LogP contribution < -0.4 is 10.0 Å². The third-order valence-electron chi connectivity index (χ3n) is 3.71. The smallest absolute Gasteiger partial charge is 0.317 e. The summed E-state index contributed by atoms with van der Waals surface area (Å²) in [5, 5.41) is 4.71. The molecule has 0 spiro atoms. The molecule has 130 valence electrons. The van der Waals surface area contributed by atoms with E-state index in [0.717, 1.165) is 12.8 Å². The van der Waals surface area contributed by atoms with Crippen LogP contribution >= 0.6 is 11.3 Å². The molecule has 2 heterocycles. The van der Waals surface area contributed by atoms with Gasteiger partial charge in [-0.25, -0.2) is 17.9 Å². The monoisotopic (exact) mass is 359 g/mol. The number of urea groups is 1. The van der Waals surface area contributed by atoms with E-state index in [2.05, 4.69) is 10.0 Å². The van der Waals surface area contributed by atoms with E-state index in [1.165, 1.54) is 11.3 Å². The van der Waals surface area contributed by atoms with Crippen molar-refractivity contribution in [1.29, 1.82) is 0 Å². The number of carbonyl (C=O) groups is 1. The fourth-order valence-corrected chi connectivity index (χ4v) is 4.61. The van der Waals surface area contributed by atoms with Crippen LogP contribution in [-0.2, 0) is 10.0 Å². The average Bonchev–Trinajstić information content (AvgIpc) is 2.99. The Kier molecular flexibility index (Phi) is 5.70. The number of likely N-dealkylation sites (tertiary alicyclic amines) is 1. The summed E-state index contributed by atoms with van der Waals surface area (Å²) < 4.78 is 27.2. The largest absolute Gasteiger partial charge is 0.333 e. The first-order valence-electron chi connectivity index (χ1n) is 7.78. The van der Waals surface area contributed by atoms with Gasteiger partial charge in [-0.3, -0.25) is 0 Å². The van der Waals surface area contributed by atoms with Crippen LogP contribution in [0.4, 0.5) is 4.79 Å². The summed E-state index contributed by atoms with van der Waals surface area (Å²) in [5.41, 5.74) is -0.246. The number of thiophene rings is 1. The van der Waals surface area contributed by atoms with Gasteiger partial charge >= 0.3 is 6.03 Å². The molecule has 23 heavy (non-hydrogen) atoms. The fourth-order valence-electron chi connectivity index (χ4n) is 2.46. The maximum absolute atomic E-state index is 12.1. The SMILES string of the molecule is CC(C)(C)NC(=O)N1CCC(CNS(=O)(=O)c2cccs2)CC1. The highest BCUT2D eigenvalue weighted by atomic mass is 32.2. The molecule has 0 atom stereocenters. The van der Waals surface area contributed by atoms with Crippen LogP contribution in [0.5, 0.6) is 0 Å². The number of amides is 2. The Balaban J connectivity index is 1.78. The highest BCUT2D eigenvalue weighted by Crippen LogP contribution is 2.19. The minimum absolute atomic E-state index is 0.0462. The van der Waals surface area contributed by atoms with Gasteiger partial charge in [-0.15, -0.1) is 11.3 Å². The standard InChI is InChI=1S/C15H25N3O3S2/c1-15(2,3)17-14(19)18-8-6-12(7-9-18)11-16-23(20,21)13-5-4-10-22-13/h4-5,10,12,16H,6-9,11H2,1-3H3,(H,17,19). The summed E-state index contributed by atoms with van der Waals surface area (Å²) in [6.45, 7) is 7.61. The molecule has 1 aliphatic rings. The first-order valence-corrected chi connectivity index (χ1v) is 10.1. The predicted octanol–water partition coefficient (Wildman–Crippen LogP) is 2.25. The van der Waals surface area contributed by atoms with Crippen molar-refractivity contribution in [1.82, 2.24) is 14.9 Å². The molecule has 8 heteroatoms. The molecule has 1 saturated heterocycles. The van der Waals surface area contributed by atoms with Gasteiger partial charge in [0.2, 0.25) is 10.0 Å². The molecule has 2 rings (SSSR count). The molecule has 0 bridgehead atoms. The lowest BCUT2D eigenvalue weighted by Gasteiger charge is -2.34. The summed E-state index contributed by atoms with van der Waals surface area (Å²) in [5.74, 6) is 0.267. The summed E-state index contributed by atoms with van der Waals surface area (Å²) in [4.78, 5) is 13.9. The second kappa shape index (κ2) is 7.19. The Morgan fingerprint density at radius 2 is 2.00 bits per heavy atom. The lowest BCUT2D eigenvalue weighted by atomic mass is 9.97. The van der Waals surface area contributed by atoms with Gasteiger partial charge in [0.1, 0.15) is 4.21 Å². The van der Waals surface area contributed by atoms with E-state index in [9.17, 15) is 13.2 Å². The summed E-state index contributed by atoms with van der Waals surface area (Å²) in [6.07, 6.45) is 1.62. The van der Waals surface area contributed by atoms with Gasteiger partial charge in [0, 0.05) is 25.2 Å². The molecular weight excluding hydrogens is 334 g/mol. The lowest BCUT2D eigenvalue weighted by molar-refractivity contribution is 0.163. The number of hydrogen-bond acceptors (Lipinski definition) is 4. The van der Waals surface area contributed by atoms with Crippen molar-refractivity contribution in [3.8, 4) is 0 Å². The molecular formula is C15H25N3O3S2. The maximum atomic E-state index is 12.1. The zero-order chi connectivity index (χ0) is 17.1. The van der Waals surface area contributed by atoms with Crippen molar-refractivity contribution in [3.05, 3.63) is 17.5 Å². The van der Waals surface area contributed by atoms with Crippen LogP contribution in [0.25, 0.3) is 0 Å². The van der Waals surface area contributed by atoms with E-state index >= 15 is 0 Å². The Hall–Kier alpha value is -1.12. The molecule has 0 radical (unpaired) electrons. The minimum Gasteiger partial charge on any atom is -0.333 e. The number of nitrogens with zero attached hydrogens (tertiary/aromatic N) is 1.